The Morgan fingerprint density at radius 2 is 1.75 bits per heavy atom. The van der Waals surface area contributed by atoms with Crippen LogP contribution in [0.3, 0.4) is 0 Å². The Labute approximate surface area is 71.8 Å². The summed E-state index contributed by atoms with van der Waals surface area (Å²) in [7, 11) is 0. The van der Waals surface area contributed by atoms with Crippen LogP contribution >= 0.6 is 0 Å². The van der Waals surface area contributed by atoms with Crippen LogP contribution in [0.1, 0.15) is 38.5 Å². The fourth-order valence-electron chi connectivity index (χ4n) is 1.68. The summed E-state index contributed by atoms with van der Waals surface area (Å²) in [5, 5.41) is 8.35. The largest absolute Gasteiger partial charge is 0.481 e. The van der Waals surface area contributed by atoms with Crippen LogP contribution in [0.2, 0.25) is 0 Å². The molecule has 1 rings (SSSR count). The Balaban J connectivity index is 2.23. The van der Waals surface area contributed by atoms with E-state index >= 15 is 0 Å². The van der Waals surface area contributed by atoms with E-state index in [9.17, 15) is 9.59 Å². The van der Waals surface area contributed by atoms with E-state index in [0.29, 0.717) is 0 Å². The van der Waals surface area contributed by atoms with Gasteiger partial charge in [-0.05, 0) is 12.8 Å². The minimum atomic E-state index is -0.874. The van der Waals surface area contributed by atoms with Gasteiger partial charge in [0.2, 0.25) is 0 Å². The molecule has 12 heavy (non-hydrogen) atoms. The summed E-state index contributed by atoms with van der Waals surface area (Å²) in [4.78, 5) is 21.5. The first-order valence-electron chi connectivity index (χ1n) is 4.44. The summed E-state index contributed by atoms with van der Waals surface area (Å²) in [6.07, 6.45) is 4.42. The highest BCUT2D eigenvalue weighted by Gasteiger charge is 2.22. The van der Waals surface area contributed by atoms with Gasteiger partial charge in [-0.3, -0.25) is 9.59 Å². The molecule has 0 saturated heterocycles. The fourth-order valence-corrected chi connectivity index (χ4v) is 1.68. The number of rotatable bonds is 4. The highest BCUT2D eigenvalue weighted by atomic mass is 16.4. The van der Waals surface area contributed by atoms with E-state index in [1.807, 2.05) is 0 Å². The molecule has 3 nitrogen and oxygen atoms in total. The van der Waals surface area contributed by atoms with Gasteiger partial charge in [0, 0.05) is 12.3 Å². The van der Waals surface area contributed by atoms with E-state index in [0.717, 1.165) is 25.7 Å². The molecular weight excluding hydrogens is 156 g/mol. The zero-order valence-electron chi connectivity index (χ0n) is 7.08. The number of carbonyl (C=O) groups excluding carboxylic acids is 1. The van der Waals surface area contributed by atoms with Gasteiger partial charge < -0.3 is 5.11 Å². The Morgan fingerprint density at radius 1 is 1.17 bits per heavy atom. The van der Waals surface area contributed by atoms with Crippen molar-refractivity contribution < 1.29 is 14.7 Å². The normalized spacial score (nSPS) is 18.0. The monoisotopic (exact) mass is 170 g/mol. The second-order valence-electron chi connectivity index (χ2n) is 3.34. The molecule has 1 fully saturated rings. The van der Waals surface area contributed by atoms with E-state index in [-0.39, 0.29) is 24.5 Å². The molecule has 0 bridgehead atoms. The topological polar surface area (TPSA) is 54.4 Å². The van der Waals surface area contributed by atoms with E-state index in [2.05, 4.69) is 0 Å². The summed E-state index contributed by atoms with van der Waals surface area (Å²) < 4.78 is 0. The van der Waals surface area contributed by atoms with Crippen LogP contribution in [0.5, 0.6) is 0 Å². The molecule has 0 amide bonds. The van der Waals surface area contributed by atoms with Gasteiger partial charge in [0.15, 0.2) is 0 Å². The number of aliphatic carboxylic acids is 1. The quantitative estimate of drug-likeness (QED) is 0.697. The van der Waals surface area contributed by atoms with Crippen molar-refractivity contribution in [3.8, 4) is 0 Å². The second-order valence-corrected chi connectivity index (χ2v) is 3.34. The molecule has 3 heteroatoms. The van der Waals surface area contributed by atoms with Crippen molar-refractivity contribution in [2.24, 2.45) is 5.92 Å². The Kier molecular flexibility index (Phi) is 3.26. The van der Waals surface area contributed by atoms with Gasteiger partial charge in [-0.1, -0.05) is 12.8 Å². The number of hydrogen-bond donors (Lipinski definition) is 1. The molecule has 68 valence electrons. The molecule has 0 aromatic heterocycles. The number of Topliss-reactive ketones (excluding diaryl/α,β-unsaturated/α-hetero) is 1. The molecule has 1 saturated carbocycles. The molecule has 1 aliphatic carbocycles. The van der Waals surface area contributed by atoms with Crippen LogP contribution in [0, 0.1) is 5.92 Å². The molecule has 0 radical (unpaired) electrons. The van der Waals surface area contributed by atoms with Gasteiger partial charge >= 0.3 is 5.97 Å². The van der Waals surface area contributed by atoms with Crippen molar-refractivity contribution in [3.63, 3.8) is 0 Å². The van der Waals surface area contributed by atoms with Crippen LogP contribution < -0.4 is 0 Å². The van der Waals surface area contributed by atoms with Gasteiger partial charge in [0.25, 0.3) is 0 Å². The zero-order chi connectivity index (χ0) is 8.97. The lowest BCUT2D eigenvalue weighted by atomic mass is 9.99. The lowest BCUT2D eigenvalue weighted by Gasteiger charge is -2.05. The Hall–Kier alpha value is -0.860. The highest BCUT2D eigenvalue weighted by Crippen LogP contribution is 2.26. The molecule has 1 aliphatic rings. The van der Waals surface area contributed by atoms with Crippen LogP contribution in [0.4, 0.5) is 0 Å². The molecule has 0 aliphatic heterocycles. The van der Waals surface area contributed by atoms with Crippen LogP contribution in [0.15, 0.2) is 0 Å². The summed E-state index contributed by atoms with van der Waals surface area (Å²) in [5.74, 6) is -0.555. The van der Waals surface area contributed by atoms with Crippen LogP contribution in [0.25, 0.3) is 0 Å². The first-order valence-corrected chi connectivity index (χ1v) is 4.44. The molecule has 0 unspecified atom stereocenters. The zero-order valence-corrected chi connectivity index (χ0v) is 7.08. The molecule has 0 atom stereocenters. The second kappa shape index (κ2) is 4.24. The van der Waals surface area contributed by atoms with E-state index in [1.54, 1.807) is 0 Å². The van der Waals surface area contributed by atoms with E-state index < -0.39 is 5.97 Å². The maximum Gasteiger partial charge on any atom is 0.303 e. The minimum Gasteiger partial charge on any atom is -0.481 e. The van der Waals surface area contributed by atoms with Gasteiger partial charge in [-0.2, -0.15) is 0 Å². The predicted octanol–water partition coefficient (Wildman–Crippen LogP) is 1.61. The molecule has 0 heterocycles. The molecule has 1 N–H and O–H groups in total. The molecular formula is C9H14O3. The van der Waals surface area contributed by atoms with Crippen molar-refractivity contribution in [2.75, 3.05) is 0 Å². The SMILES string of the molecule is O=C(O)CCC(=O)C1CCCC1. The average Bonchev–Trinajstić information content (AvgIpc) is 2.51. The van der Waals surface area contributed by atoms with Gasteiger partial charge in [0.1, 0.15) is 5.78 Å². The van der Waals surface area contributed by atoms with Gasteiger partial charge in [-0.25, -0.2) is 0 Å². The maximum atomic E-state index is 11.3. The minimum absolute atomic E-state index is 0.00463. The highest BCUT2D eigenvalue weighted by molar-refractivity contribution is 5.84. The first-order chi connectivity index (χ1) is 5.70. The summed E-state index contributed by atoms with van der Waals surface area (Å²) in [6.45, 7) is 0. The molecule has 0 spiro atoms. The first kappa shape index (κ1) is 9.23. The Bertz CT molecular complexity index is 180. The third-order valence-electron chi connectivity index (χ3n) is 2.40. The number of carbonyl (C=O) groups is 2. The average molecular weight is 170 g/mol. The van der Waals surface area contributed by atoms with Gasteiger partial charge in [-0.15, -0.1) is 0 Å². The Morgan fingerprint density at radius 3 is 2.25 bits per heavy atom. The van der Waals surface area contributed by atoms with Gasteiger partial charge in [0.05, 0.1) is 6.42 Å². The van der Waals surface area contributed by atoms with E-state index in [4.69, 9.17) is 5.11 Å². The molecule has 0 aromatic carbocycles. The number of ketones is 1. The standard InChI is InChI=1S/C9H14O3/c10-8(5-6-9(11)12)7-3-1-2-4-7/h7H,1-6H2,(H,11,12). The summed E-state index contributed by atoms with van der Waals surface area (Å²) in [6, 6.07) is 0. The predicted molar refractivity (Wildman–Crippen MR) is 43.8 cm³/mol. The number of carboxylic acid groups (broad SMARTS) is 1. The lowest BCUT2D eigenvalue weighted by molar-refractivity contribution is -0.139. The smallest absolute Gasteiger partial charge is 0.303 e. The summed E-state index contributed by atoms with van der Waals surface area (Å²) >= 11 is 0. The van der Waals surface area contributed by atoms with Crippen molar-refractivity contribution in [1.82, 2.24) is 0 Å². The van der Waals surface area contributed by atoms with Crippen molar-refractivity contribution >= 4 is 11.8 Å². The molecule has 0 aromatic rings. The van der Waals surface area contributed by atoms with Crippen LogP contribution in [-0.4, -0.2) is 16.9 Å². The van der Waals surface area contributed by atoms with Crippen molar-refractivity contribution in [1.29, 1.82) is 0 Å². The fraction of sp³-hybridized carbons (Fsp3) is 0.778. The summed E-state index contributed by atoms with van der Waals surface area (Å²) in [5.41, 5.74) is 0. The van der Waals surface area contributed by atoms with Crippen molar-refractivity contribution in [3.05, 3.63) is 0 Å². The number of carboxylic acids is 1. The lowest BCUT2D eigenvalue weighted by Crippen LogP contribution is -2.12. The maximum absolute atomic E-state index is 11.3. The third kappa shape index (κ3) is 2.64. The third-order valence-corrected chi connectivity index (χ3v) is 2.40. The number of hydrogen-bond acceptors (Lipinski definition) is 2. The van der Waals surface area contributed by atoms with Crippen LogP contribution in [-0.2, 0) is 9.59 Å². The van der Waals surface area contributed by atoms with Crippen molar-refractivity contribution in [2.45, 2.75) is 38.5 Å². The van der Waals surface area contributed by atoms with E-state index in [1.165, 1.54) is 0 Å².